The van der Waals surface area contributed by atoms with Gasteiger partial charge in [-0.25, -0.2) is 8.42 Å². The van der Waals surface area contributed by atoms with E-state index < -0.39 is 14.7 Å². The van der Waals surface area contributed by atoms with Crippen molar-refractivity contribution in [2.75, 3.05) is 0 Å². The molecule has 0 amide bonds. The summed E-state index contributed by atoms with van der Waals surface area (Å²) in [6.45, 7) is 3.99. The molecule has 0 bridgehead atoms. The zero-order valence-electron chi connectivity index (χ0n) is 8.28. The van der Waals surface area contributed by atoms with Crippen LogP contribution in [0.1, 0.15) is 30.9 Å². The van der Waals surface area contributed by atoms with Crippen LogP contribution in [0.3, 0.4) is 0 Å². The molecule has 0 radical (unpaired) electrons. The monoisotopic (exact) mass is 251 g/mol. The van der Waals surface area contributed by atoms with Gasteiger partial charge in [0.05, 0.1) is 6.61 Å². The van der Waals surface area contributed by atoms with Crippen LogP contribution in [0.4, 0.5) is 0 Å². The second-order valence-corrected chi connectivity index (χ2v) is 6.70. The number of halogens is 1. The van der Waals surface area contributed by atoms with Crippen LogP contribution in [0, 0.1) is 0 Å². The average Bonchev–Trinajstić information content (AvgIpc) is 2.53. The largest absolute Gasteiger partial charge is 0.363 e. The summed E-state index contributed by atoms with van der Waals surface area (Å²) in [4.78, 5) is 0. The van der Waals surface area contributed by atoms with Crippen LogP contribution < -0.4 is 0 Å². The highest BCUT2D eigenvalue weighted by Gasteiger charge is 2.38. The van der Waals surface area contributed by atoms with Gasteiger partial charge in [-0.15, -0.1) is 0 Å². The van der Waals surface area contributed by atoms with E-state index in [0.29, 0.717) is 23.6 Å². The number of fused-ring (bicyclic) bond motifs is 1. The van der Waals surface area contributed by atoms with Crippen molar-refractivity contribution in [3.8, 4) is 0 Å². The molecule has 0 fully saturated rings. The molecule has 0 saturated heterocycles. The molecule has 0 N–H and O–H groups in total. The standard InChI is InChI=1S/C8H10ClNO4S/c1-8(2)7-5(3-13-8)6(10-14-7)4-15(9,11)12/h3-4H2,1-2H3. The second-order valence-electron chi connectivity index (χ2n) is 3.92. The molecule has 2 heterocycles. The Labute approximate surface area is 91.8 Å². The van der Waals surface area contributed by atoms with Gasteiger partial charge in [0.1, 0.15) is 17.0 Å². The fourth-order valence-electron chi connectivity index (χ4n) is 1.56. The summed E-state index contributed by atoms with van der Waals surface area (Å²) in [6, 6.07) is 0. The van der Waals surface area contributed by atoms with E-state index in [-0.39, 0.29) is 5.75 Å². The molecule has 1 aromatic heterocycles. The lowest BCUT2D eigenvalue weighted by Crippen LogP contribution is -2.13. The quantitative estimate of drug-likeness (QED) is 0.745. The Hall–Kier alpha value is -0.590. The minimum absolute atomic E-state index is 0.313. The molecule has 2 rings (SSSR count). The number of aromatic nitrogens is 1. The van der Waals surface area contributed by atoms with Crippen molar-refractivity contribution >= 4 is 19.7 Å². The Morgan fingerprint density at radius 2 is 2.20 bits per heavy atom. The van der Waals surface area contributed by atoms with Gasteiger partial charge < -0.3 is 9.26 Å². The van der Waals surface area contributed by atoms with Crippen molar-refractivity contribution in [1.29, 1.82) is 0 Å². The lowest BCUT2D eigenvalue weighted by Gasteiger charge is -2.13. The molecule has 0 aromatic carbocycles. The first-order chi connectivity index (χ1) is 6.80. The number of hydrogen-bond acceptors (Lipinski definition) is 5. The van der Waals surface area contributed by atoms with Gasteiger partial charge in [-0.3, -0.25) is 0 Å². The highest BCUT2D eigenvalue weighted by molar-refractivity contribution is 8.13. The van der Waals surface area contributed by atoms with Crippen molar-refractivity contribution in [1.82, 2.24) is 5.16 Å². The number of hydrogen-bond donors (Lipinski definition) is 0. The second kappa shape index (κ2) is 3.20. The summed E-state index contributed by atoms with van der Waals surface area (Å²) < 4.78 is 32.3. The third kappa shape index (κ3) is 2.02. The SMILES string of the molecule is CC1(C)OCc2c(CS(=O)(=O)Cl)noc21. The fourth-order valence-corrected chi connectivity index (χ4v) is 2.42. The van der Waals surface area contributed by atoms with Crippen LogP contribution in [0.5, 0.6) is 0 Å². The number of rotatable bonds is 2. The lowest BCUT2D eigenvalue weighted by atomic mass is 10.0. The first-order valence-electron chi connectivity index (χ1n) is 4.34. The fraction of sp³-hybridized carbons (Fsp3) is 0.625. The van der Waals surface area contributed by atoms with Gasteiger partial charge in [0.2, 0.25) is 9.05 Å². The van der Waals surface area contributed by atoms with Crippen molar-refractivity contribution in [3.05, 3.63) is 17.0 Å². The highest BCUT2D eigenvalue weighted by Crippen LogP contribution is 2.37. The number of ether oxygens (including phenoxy) is 1. The molecule has 0 unspecified atom stereocenters. The van der Waals surface area contributed by atoms with E-state index in [4.69, 9.17) is 19.9 Å². The summed E-state index contributed by atoms with van der Waals surface area (Å²) in [5, 5.41) is 3.70. The molecule has 0 spiro atoms. The average molecular weight is 252 g/mol. The van der Waals surface area contributed by atoms with Gasteiger partial charge in [0.25, 0.3) is 0 Å². The van der Waals surface area contributed by atoms with Gasteiger partial charge in [-0.1, -0.05) is 5.16 Å². The third-order valence-electron chi connectivity index (χ3n) is 2.30. The predicted octanol–water partition coefficient (Wildman–Crippen LogP) is 1.51. The summed E-state index contributed by atoms with van der Waals surface area (Å²) >= 11 is 0. The number of nitrogens with zero attached hydrogens (tertiary/aromatic N) is 1. The van der Waals surface area contributed by atoms with Crippen LogP contribution in [0.2, 0.25) is 0 Å². The van der Waals surface area contributed by atoms with E-state index in [1.165, 1.54) is 0 Å². The first kappa shape index (κ1) is 10.9. The lowest BCUT2D eigenvalue weighted by molar-refractivity contribution is -0.0245. The van der Waals surface area contributed by atoms with Gasteiger partial charge in [-0.05, 0) is 13.8 Å². The van der Waals surface area contributed by atoms with Gasteiger partial charge >= 0.3 is 0 Å². The van der Waals surface area contributed by atoms with E-state index in [2.05, 4.69) is 5.16 Å². The molecule has 0 atom stereocenters. The van der Waals surface area contributed by atoms with Gasteiger partial charge in [-0.2, -0.15) is 0 Å². The van der Waals surface area contributed by atoms with Crippen molar-refractivity contribution in [3.63, 3.8) is 0 Å². The summed E-state index contributed by atoms with van der Waals surface area (Å²) in [5.74, 6) is 0.255. The minimum Gasteiger partial charge on any atom is -0.363 e. The van der Waals surface area contributed by atoms with E-state index in [0.717, 1.165) is 0 Å². The maximum Gasteiger partial charge on any atom is 0.238 e. The molecule has 1 aliphatic heterocycles. The predicted molar refractivity (Wildman–Crippen MR) is 52.8 cm³/mol. The maximum absolute atomic E-state index is 10.9. The highest BCUT2D eigenvalue weighted by atomic mass is 35.7. The summed E-state index contributed by atoms with van der Waals surface area (Å²) in [5.41, 5.74) is 0.492. The van der Waals surface area contributed by atoms with E-state index >= 15 is 0 Å². The Morgan fingerprint density at radius 1 is 1.53 bits per heavy atom. The minimum atomic E-state index is -3.61. The third-order valence-corrected chi connectivity index (χ3v) is 3.25. The Balaban J connectivity index is 2.39. The van der Waals surface area contributed by atoms with Crippen molar-refractivity contribution in [2.45, 2.75) is 31.8 Å². The molecule has 84 valence electrons. The van der Waals surface area contributed by atoms with E-state index in [1.54, 1.807) is 0 Å². The van der Waals surface area contributed by atoms with Crippen molar-refractivity contribution in [2.24, 2.45) is 0 Å². The van der Waals surface area contributed by atoms with Crippen LogP contribution in [0.15, 0.2) is 4.52 Å². The topological polar surface area (TPSA) is 69.4 Å². The molecule has 0 aliphatic carbocycles. The van der Waals surface area contributed by atoms with Crippen LogP contribution >= 0.6 is 10.7 Å². The Morgan fingerprint density at radius 3 is 2.80 bits per heavy atom. The molecule has 15 heavy (non-hydrogen) atoms. The van der Waals surface area contributed by atoms with Crippen molar-refractivity contribution < 1.29 is 17.7 Å². The van der Waals surface area contributed by atoms with E-state index in [1.807, 2.05) is 13.8 Å². The first-order valence-corrected chi connectivity index (χ1v) is 6.81. The summed E-state index contributed by atoms with van der Waals surface area (Å²) in [6.07, 6.45) is 0. The summed E-state index contributed by atoms with van der Waals surface area (Å²) in [7, 11) is 1.54. The molecule has 7 heteroatoms. The molecule has 1 aliphatic rings. The zero-order valence-corrected chi connectivity index (χ0v) is 9.85. The molecular formula is C8H10ClNO4S. The molecule has 1 aromatic rings. The maximum atomic E-state index is 10.9. The zero-order chi connectivity index (χ0) is 11.3. The Kier molecular flexibility index (Phi) is 2.33. The van der Waals surface area contributed by atoms with Crippen LogP contribution in [0.25, 0.3) is 0 Å². The Bertz CT molecular complexity index is 491. The molecule has 5 nitrogen and oxygen atoms in total. The molecular weight excluding hydrogens is 242 g/mol. The van der Waals surface area contributed by atoms with Gasteiger partial charge in [0.15, 0.2) is 5.76 Å². The van der Waals surface area contributed by atoms with Crippen LogP contribution in [-0.2, 0) is 31.7 Å². The smallest absolute Gasteiger partial charge is 0.238 e. The van der Waals surface area contributed by atoms with Gasteiger partial charge in [0, 0.05) is 16.2 Å². The normalized spacial score (nSPS) is 19.1. The van der Waals surface area contributed by atoms with Crippen LogP contribution in [-0.4, -0.2) is 13.6 Å². The molecule has 0 saturated carbocycles. The van der Waals surface area contributed by atoms with E-state index in [9.17, 15) is 8.42 Å².